The first-order chi connectivity index (χ1) is 12.9. The quantitative estimate of drug-likeness (QED) is 0.714. The third-order valence-corrected chi connectivity index (χ3v) is 3.64. The number of aryl methyl sites for hydroxylation is 1. The van der Waals surface area contributed by atoms with Gasteiger partial charge in [-0.25, -0.2) is 0 Å². The molecule has 0 heterocycles. The maximum absolute atomic E-state index is 12.0. The molecular formula is C20H21N2O5-. The lowest BCUT2D eigenvalue weighted by Crippen LogP contribution is -2.42. The molecule has 2 aromatic rings. The fourth-order valence-electron chi connectivity index (χ4n) is 2.38. The van der Waals surface area contributed by atoms with Crippen LogP contribution in [0, 0.1) is 0 Å². The Labute approximate surface area is 157 Å². The summed E-state index contributed by atoms with van der Waals surface area (Å²) in [5.41, 5.74) is 5.12. The molecule has 2 aromatic carbocycles. The first-order valence-corrected chi connectivity index (χ1v) is 8.52. The standard InChI is InChI=1S/C20H22N2O5/c1-13(2)27-15-10-7-14(8-11-15)9-12-18(23)21-22-19(24)16-5-3-4-6-17(16)20(25)26/h3-8,10-11,13H,9,12H2,1-2H3,(H,21,23)(H,22,24)(H,25,26)/p-1. The molecule has 0 unspecified atom stereocenters. The van der Waals surface area contributed by atoms with Crippen molar-refractivity contribution < 1.29 is 24.2 Å². The molecule has 2 N–H and O–H groups in total. The largest absolute Gasteiger partial charge is 0.545 e. The Morgan fingerprint density at radius 1 is 0.963 bits per heavy atom. The van der Waals surface area contributed by atoms with Crippen LogP contribution in [0.5, 0.6) is 5.75 Å². The molecule has 2 amide bonds. The molecule has 0 atom stereocenters. The molecule has 27 heavy (non-hydrogen) atoms. The predicted octanol–water partition coefficient (Wildman–Crippen LogP) is 1.23. The van der Waals surface area contributed by atoms with Crippen molar-refractivity contribution in [1.29, 1.82) is 0 Å². The lowest BCUT2D eigenvalue weighted by molar-refractivity contribution is -0.255. The van der Waals surface area contributed by atoms with E-state index < -0.39 is 17.8 Å². The summed E-state index contributed by atoms with van der Waals surface area (Å²) in [6, 6.07) is 13.0. The topological polar surface area (TPSA) is 108 Å². The van der Waals surface area contributed by atoms with Gasteiger partial charge in [0.2, 0.25) is 5.91 Å². The van der Waals surface area contributed by atoms with Crippen molar-refractivity contribution in [3.05, 3.63) is 65.2 Å². The van der Waals surface area contributed by atoms with E-state index in [0.29, 0.717) is 6.42 Å². The van der Waals surface area contributed by atoms with Crippen molar-refractivity contribution in [2.45, 2.75) is 32.8 Å². The van der Waals surface area contributed by atoms with Gasteiger partial charge in [0.25, 0.3) is 5.91 Å². The summed E-state index contributed by atoms with van der Waals surface area (Å²) in [6.45, 7) is 3.88. The summed E-state index contributed by atoms with van der Waals surface area (Å²) in [7, 11) is 0. The van der Waals surface area contributed by atoms with E-state index in [9.17, 15) is 19.5 Å². The summed E-state index contributed by atoms with van der Waals surface area (Å²) >= 11 is 0. The van der Waals surface area contributed by atoms with E-state index in [4.69, 9.17) is 4.74 Å². The zero-order valence-electron chi connectivity index (χ0n) is 15.2. The van der Waals surface area contributed by atoms with Gasteiger partial charge in [-0.3, -0.25) is 20.4 Å². The molecule has 2 rings (SSSR count). The normalized spacial score (nSPS) is 10.3. The van der Waals surface area contributed by atoms with Crippen LogP contribution in [0.2, 0.25) is 0 Å². The van der Waals surface area contributed by atoms with E-state index in [0.717, 1.165) is 11.3 Å². The average molecular weight is 369 g/mol. The van der Waals surface area contributed by atoms with Crippen LogP contribution in [0.4, 0.5) is 0 Å². The van der Waals surface area contributed by atoms with Crippen LogP contribution in [-0.4, -0.2) is 23.9 Å². The number of benzene rings is 2. The van der Waals surface area contributed by atoms with E-state index >= 15 is 0 Å². The number of hydrazine groups is 1. The maximum atomic E-state index is 12.0. The van der Waals surface area contributed by atoms with Crippen LogP contribution in [-0.2, 0) is 11.2 Å². The van der Waals surface area contributed by atoms with E-state index in [1.165, 1.54) is 24.3 Å². The van der Waals surface area contributed by atoms with Gasteiger partial charge in [-0.05, 0) is 44.0 Å². The van der Waals surface area contributed by atoms with Crippen LogP contribution in [0.3, 0.4) is 0 Å². The second-order valence-electron chi connectivity index (χ2n) is 6.15. The summed E-state index contributed by atoms with van der Waals surface area (Å²) in [6.07, 6.45) is 0.735. The molecule has 0 saturated heterocycles. The van der Waals surface area contributed by atoms with Crippen LogP contribution >= 0.6 is 0 Å². The third kappa shape index (κ3) is 6.14. The molecule has 0 fully saturated rings. The SMILES string of the molecule is CC(C)Oc1ccc(CCC(=O)NNC(=O)c2ccccc2C(=O)[O-])cc1. The molecule has 7 heteroatoms. The zero-order valence-corrected chi connectivity index (χ0v) is 15.2. The second kappa shape index (κ2) is 9.38. The Kier molecular flexibility index (Phi) is 6.93. The average Bonchev–Trinajstić information content (AvgIpc) is 2.65. The van der Waals surface area contributed by atoms with Gasteiger partial charge < -0.3 is 14.6 Å². The maximum Gasteiger partial charge on any atom is 0.270 e. The molecule has 0 radical (unpaired) electrons. The first-order valence-electron chi connectivity index (χ1n) is 8.52. The Morgan fingerprint density at radius 2 is 1.59 bits per heavy atom. The molecule has 142 valence electrons. The van der Waals surface area contributed by atoms with Crippen LogP contribution in [0.25, 0.3) is 0 Å². The number of ether oxygens (including phenoxy) is 1. The van der Waals surface area contributed by atoms with Gasteiger partial charge in [-0.15, -0.1) is 0 Å². The molecule has 0 aliphatic carbocycles. The molecule has 0 aromatic heterocycles. The Bertz CT molecular complexity index is 815. The highest BCUT2D eigenvalue weighted by Crippen LogP contribution is 2.14. The minimum absolute atomic E-state index is 0.0847. The number of carbonyl (C=O) groups is 3. The number of carbonyl (C=O) groups excluding carboxylic acids is 3. The van der Waals surface area contributed by atoms with Crippen molar-refractivity contribution in [2.24, 2.45) is 0 Å². The molecule has 7 nitrogen and oxygen atoms in total. The van der Waals surface area contributed by atoms with E-state index in [1.54, 1.807) is 0 Å². The van der Waals surface area contributed by atoms with Crippen molar-refractivity contribution in [1.82, 2.24) is 10.9 Å². The van der Waals surface area contributed by atoms with Gasteiger partial charge in [-0.1, -0.05) is 30.3 Å². The molecule has 0 saturated carbocycles. The smallest absolute Gasteiger partial charge is 0.270 e. The van der Waals surface area contributed by atoms with Gasteiger partial charge >= 0.3 is 0 Å². The third-order valence-electron chi connectivity index (χ3n) is 3.64. The summed E-state index contributed by atoms with van der Waals surface area (Å²) in [4.78, 5) is 35.0. The van der Waals surface area contributed by atoms with Crippen LogP contribution in [0.15, 0.2) is 48.5 Å². The van der Waals surface area contributed by atoms with Crippen molar-refractivity contribution >= 4 is 17.8 Å². The predicted molar refractivity (Wildman–Crippen MR) is 96.9 cm³/mol. The molecule has 0 bridgehead atoms. The van der Waals surface area contributed by atoms with Crippen LogP contribution < -0.4 is 20.7 Å². The zero-order chi connectivity index (χ0) is 19.8. The van der Waals surface area contributed by atoms with Crippen molar-refractivity contribution in [3.63, 3.8) is 0 Å². The molecule has 0 aliphatic heterocycles. The van der Waals surface area contributed by atoms with Gasteiger partial charge in [0.05, 0.1) is 17.6 Å². The number of rotatable bonds is 7. The summed E-state index contributed by atoms with van der Waals surface area (Å²) in [5.74, 6) is -1.82. The number of amides is 2. The molecular weight excluding hydrogens is 348 g/mol. The fourth-order valence-corrected chi connectivity index (χ4v) is 2.38. The lowest BCUT2D eigenvalue weighted by Gasteiger charge is -2.12. The number of carboxylic acids is 1. The molecule has 0 aliphatic rings. The van der Waals surface area contributed by atoms with Gasteiger partial charge in [0.15, 0.2) is 0 Å². The number of carboxylic acid groups (broad SMARTS) is 1. The summed E-state index contributed by atoms with van der Waals surface area (Å²) in [5, 5.41) is 11.0. The minimum atomic E-state index is -1.46. The Balaban J connectivity index is 1.83. The van der Waals surface area contributed by atoms with E-state index in [1.807, 2.05) is 38.1 Å². The van der Waals surface area contributed by atoms with Crippen molar-refractivity contribution in [2.75, 3.05) is 0 Å². The summed E-state index contributed by atoms with van der Waals surface area (Å²) < 4.78 is 5.56. The highest BCUT2D eigenvalue weighted by Gasteiger charge is 2.12. The van der Waals surface area contributed by atoms with Crippen LogP contribution in [0.1, 0.15) is 46.5 Å². The minimum Gasteiger partial charge on any atom is -0.545 e. The first kappa shape index (κ1) is 20.0. The number of hydrogen-bond acceptors (Lipinski definition) is 5. The van der Waals surface area contributed by atoms with Crippen molar-refractivity contribution in [3.8, 4) is 5.75 Å². The van der Waals surface area contributed by atoms with Gasteiger partial charge in [0, 0.05) is 12.0 Å². The highest BCUT2D eigenvalue weighted by molar-refractivity contribution is 6.04. The lowest BCUT2D eigenvalue weighted by atomic mass is 10.1. The Hall–Kier alpha value is -3.35. The number of nitrogens with one attached hydrogen (secondary N) is 2. The monoisotopic (exact) mass is 369 g/mol. The van der Waals surface area contributed by atoms with E-state index in [2.05, 4.69) is 10.9 Å². The second-order valence-corrected chi connectivity index (χ2v) is 6.15. The Morgan fingerprint density at radius 3 is 2.19 bits per heavy atom. The van der Waals surface area contributed by atoms with E-state index in [-0.39, 0.29) is 23.7 Å². The van der Waals surface area contributed by atoms with Gasteiger partial charge in [0.1, 0.15) is 5.75 Å². The highest BCUT2D eigenvalue weighted by atomic mass is 16.5. The fraction of sp³-hybridized carbons (Fsp3) is 0.250. The number of aromatic carboxylic acids is 1. The van der Waals surface area contributed by atoms with Gasteiger partial charge in [-0.2, -0.15) is 0 Å². The molecule has 0 spiro atoms. The number of hydrogen-bond donors (Lipinski definition) is 2.